The van der Waals surface area contributed by atoms with E-state index >= 15 is 0 Å². The van der Waals surface area contributed by atoms with E-state index in [1.165, 1.54) is 6.07 Å². The zero-order valence-corrected chi connectivity index (χ0v) is 20.9. The average molecular weight is 543 g/mol. The fourth-order valence-corrected chi connectivity index (χ4v) is 4.71. The van der Waals surface area contributed by atoms with Gasteiger partial charge in [-0.1, -0.05) is 18.2 Å². The maximum absolute atomic E-state index is 14.1. The van der Waals surface area contributed by atoms with Crippen LogP contribution in [0.25, 0.3) is 0 Å². The predicted octanol–water partition coefficient (Wildman–Crippen LogP) is 2.89. The number of hydrogen-bond donors (Lipinski definition) is 1. The van der Waals surface area contributed by atoms with Gasteiger partial charge >= 0.3 is 0 Å². The highest BCUT2D eigenvalue weighted by Crippen LogP contribution is 2.41. The monoisotopic (exact) mass is 543 g/mol. The third-order valence-electron chi connectivity index (χ3n) is 6.65. The molecule has 2 aliphatic heterocycles. The summed E-state index contributed by atoms with van der Waals surface area (Å²) in [6.45, 7) is 10.0. The second-order valence-electron chi connectivity index (χ2n) is 8.64. The number of benzene rings is 1. The van der Waals surface area contributed by atoms with Crippen LogP contribution in [-0.4, -0.2) is 84.5 Å². The second-order valence-corrected chi connectivity index (χ2v) is 8.64. The summed E-state index contributed by atoms with van der Waals surface area (Å²) in [7, 11) is 0. The van der Waals surface area contributed by atoms with Gasteiger partial charge in [-0.05, 0) is 44.7 Å². The summed E-state index contributed by atoms with van der Waals surface area (Å²) in [5, 5.41) is 3.56. The molecular weight excluding hydrogens is 508 g/mol. The van der Waals surface area contributed by atoms with E-state index in [2.05, 4.69) is 15.1 Å². The first-order valence-corrected chi connectivity index (χ1v) is 11.4. The number of guanidine groups is 1. The molecule has 0 aromatic heterocycles. The molecule has 4 rings (SSSR count). The molecule has 2 saturated heterocycles. The van der Waals surface area contributed by atoms with Gasteiger partial charge in [0.05, 0.1) is 6.04 Å². The van der Waals surface area contributed by atoms with E-state index in [0.29, 0.717) is 6.54 Å². The van der Waals surface area contributed by atoms with Crippen LogP contribution in [0.4, 0.5) is 4.39 Å². The number of halogens is 2. The van der Waals surface area contributed by atoms with Crippen LogP contribution in [0.1, 0.15) is 44.6 Å². The molecule has 1 aromatic carbocycles. The third kappa shape index (κ3) is 5.69. The van der Waals surface area contributed by atoms with Crippen LogP contribution >= 0.6 is 24.0 Å². The molecule has 1 aliphatic carbocycles. The molecule has 8 heteroatoms. The van der Waals surface area contributed by atoms with Crippen molar-refractivity contribution in [3.8, 4) is 0 Å². The van der Waals surface area contributed by atoms with Crippen molar-refractivity contribution in [3.63, 3.8) is 0 Å². The van der Waals surface area contributed by atoms with E-state index in [1.54, 1.807) is 6.07 Å². The van der Waals surface area contributed by atoms with Crippen molar-refractivity contribution >= 4 is 35.8 Å². The highest BCUT2D eigenvalue weighted by atomic mass is 127. The van der Waals surface area contributed by atoms with Crippen molar-refractivity contribution in [2.45, 2.75) is 51.1 Å². The Morgan fingerprint density at radius 1 is 1.13 bits per heavy atom. The van der Waals surface area contributed by atoms with Gasteiger partial charge in [-0.15, -0.1) is 24.0 Å². The number of hydrogen-bond acceptors (Lipinski definition) is 3. The number of carbonyl (C=O) groups is 1. The van der Waals surface area contributed by atoms with Crippen LogP contribution in [0.5, 0.6) is 0 Å². The van der Waals surface area contributed by atoms with E-state index in [0.717, 1.165) is 70.1 Å². The summed E-state index contributed by atoms with van der Waals surface area (Å²) in [6.07, 6.45) is 3.19. The quantitative estimate of drug-likeness (QED) is 0.353. The Morgan fingerprint density at radius 3 is 2.45 bits per heavy atom. The van der Waals surface area contributed by atoms with Gasteiger partial charge in [-0.3, -0.25) is 14.7 Å². The summed E-state index contributed by atoms with van der Waals surface area (Å²) < 4.78 is 14.1. The van der Waals surface area contributed by atoms with Crippen LogP contribution in [0, 0.1) is 5.82 Å². The standard InChI is InChI=1S/C23H34FN5O.HI/c1-3-25-23(26-21-16-19(21)18-8-4-5-9-20(18)24)29-14-12-27(13-15-29)17(2)22(30)28-10-6-7-11-28;/h4-5,8-9,17,19,21H,3,6-7,10-16H2,1-2H3,(H,25,26);1H. The van der Waals surface area contributed by atoms with Crippen LogP contribution in [-0.2, 0) is 4.79 Å². The lowest BCUT2D eigenvalue weighted by atomic mass is 10.1. The minimum Gasteiger partial charge on any atom is -0.353 e. The smallest absolute Gasteiger partial charge is 0.239 e. The Morgan fingerprint density at radius 2 is 1.81 bits per heavy atom. The lowest BCUT2D eigenvalue weighted by molar-refractivity contribution is -0.135. The average Bonchev–Trinajstić information content (AvgIpc) is 3.30. The normalized spacial score (nSPS) is 25.2. The fourth-order valence-electron chi connectivity index (χ4n) is 4.71. The van der Waals surface area contributed by atoms with Gasteiger partial charge in [0.2, 0.25) is 5.91 Å². The van der Waals surface area contributed by atoms with Crippen molar-refractivity contribution in [2.75, 3.05) is 45.8 Å². The van der Waals surface area contributed by atoms with Gasteiger partial charge < -0.3 is 15.1 Å². The van der Waals surface area contributed by atoms with E-state index in [1.807, 2.05) is 30.9 Å². The molecule has 1 saturated carbocycles. The summed E-state index contributed by atoms with van der Waals surface area (Å²) >= 11 is 0. The Bertz CT molecular complexity index is 777. The Kier molecular flexibility index (Phi) is 8.55. The van der Waals surface area contributed by atoms with Gasteiger partial charge in [0.1, 0.15) is 5.82 Å². The lowest BCUT2D eigenvalue weighted by Crippen LogP contribution is -2.57. The third-order valence-corrected chi connectivity index (χ3v) is 6.65. The van der Waals surface area contributed by atoms with Gasteiger partial charge in [-0.2, -0.15) is 0 Å². The second kappa shape index (κ2) is 10.9. The van der Waals surface area contributed by atoms with Crippen molar-refractivity contribution < 1.29 is 9.18 Å². The predicted molar refractivity (Wildman–Crippen MR) is 132 cm³/mol. The number of likely N-dealkylation sites (tertiary alicyclic amines) is 1. The number of nitrogens with zero attached hydrogens (tertiary/aromatic N) is 4. The summed E-state index contributed by atoms with van der Waals surface area (Å²) in [5.74, 6) is 1.28. The summed E-state index contributed by atoms with van der Waals surface area (Å²) in [5.41, 5.74) is 0.796. The molecule has 1 amide bonds. The van der Waals surface area contributed by atoms with Crippen LogP contribution in [0.15, 0.2) is 29.3 Å². The highest BCUT2D eigenvalue weighted by molar-refractivity contribution is 14.0. The number of rotatable bonds is 5. The summed E-state index contributed by atoms with van der Waals surface area (Å²) in [4.78, 5) is 24.0. The number of amides is 1. The molecule has 2 heterocycles. The van der Waals surface area contributed by atoms with Crippen LogP contribution in [0.2, 0.25) is 0 Å². The fraction of sp³-hybridized carbons (Fsp3) is 0.652. The molecule has 172 valence electrons. The number of carbonyl (C=O) groups excluding carboxylic acids is 1. The van der Waals surface area contributed by atoms with Crippen LogP contribution < -0.4 is 5.32 Å². The molecular formula is C23H35FIN5O. The number of nitrogens with one attached hydrogen (secondary N) is 1. The molecule has 0 spiro atoms. The summed E-state index contributed by atoms with van der Waals surface area (Å²) in [6, 6.07) is 7.24. The first kappa shape index (κ1) is 24.2. The van der Waals surface area contributed by atoms with Crippen molar-refractivity contribution in [3.05, 3.63) is 35.6 Å². The maximum atomic E-state index is 14.1. The molecule has 3 aliphatic rings. The topological polar surface area (TPSA) is 51.2 Å². The van der Waals surface area contributed by atoms with E-state index in [4.69, 9.17) is 4.99 Å². The van der Waals surface area contributed by atoms with Crippen molar-refractivity contribution in [2.24, 2.45) is 4.99 Å². The SMILES string of the molecule is CCN=C(NC1CC1c1ccccc1F)N1CCN(C(C)C(=O)N2CCCC2)CC1.I. The lowest BCUT2D eigenvalue weighted by Gasteiger charge is -2.39. The molecule has 6 nitrogen and oxygen atoms in total. The molecule has 3 fully saturated rings. The molecule has 1 aromatic rings. The van der Waals surface area contributed by atoms with Gasteiger partial charge in [0, 0.05) is 57.8 Å². The molecule has 1 N–H and O–H groups in total. The van der Waals surface area contributed by atoms with Gasteiger partial charge in [0.15, 0.2) is 5.96 Å². The molecule has 31 heavy (non-hydrogen) atoms. The molecule has 3 atom stereocenters. The zero-order valence-electron chi connectivity index (χ0n) is 18.6. The highest BCUT2D eigenvalue weighted by Gasteiger charge is 2.41. The van der Waals surface area contributed by atoms with Gasteiger partial charge in [-0.25, -0.2) is 4.39 Å². The minimum atomic E-state index is -0.119. The molecule has 0 bridgehead atoms. The molecule has 3 unspecified atom stereocenters. The first-order valence-electron chi connectivity index (χ1n) is 11.4. The number of aliphatic imine (C=N–C) groups is 1. The first-order chi connectivity index (χ1) is 14.6. The van der Waals surface area contributed by atoms with Gasteiger partial charge in [0.25, 0.3) is 0 Å². The Hall–Kier alpha value is -1.42. The Balaban J connectivity index is 0.00000272. The van der Waals surface area contributed by atoms with Crippen molar-refractivity contribution in [1.82, 2.24) is 20.0 Å². The maximum Gasteiger partial charge on any atom is 0.239 e. The number of piperazine rings is 1. The van der Waals surface area contributed by atoms with E-state index in [-0.39, 0.29) is 53.7 Å². The van der Waals surface area contributed by atoms with E-state index < -0.39 is 0 Å². The minimum absolute atomic E-state index is 0. The Labute approximate surface area is 202 Å². The zero-order chi connectivity index (χ0) is 21.1. The van der Waals surface area contributed by atoms with Crippen molar-refractivity contribution in [1.29, 1.82) is 0 Å². The van der Waals surface area contributed by atoms with Crippen LogP contribution in [0.3, 0.4) is 0 Å². The molecule has 0 radical (unpaired) electrons. The largest absolute Gasteiger partial charge is 0.353 e. The van der Waals surface area contributed by atoms with E-state index in [9.17, 15) is 9.18 Å².